The van der Waals surface area contributed by atoms with Crippen LogP contribution in [0.15, 0.2) is 122 Å². The molecule has 0 amide bonds. The van der Waals surface area contributed by atoms with Crippen molar-refractivity contribution in [2.45, 2.75) is 245 Å². The predicted octanol–water partition coefficient (Wildman–Crippen LogP) is 19.3. The number of hydrogen-bond acceptors (Lipinski definition) is 5. The van der Waals surface area contributed by atoms with Gasteiger partial charge in [-0.3, -0.25) is 9.59 Å². The number of carbonyl (C=O) groups is 2. The summed E-state index contributed by atoms with van der Waals surface area (Å²) < 4.78 is 17.4. The third-order valence-electron chi connectivity index (χ3n) is 11.5. The summed E-state index contributed by atoms with van der Waals surface area (Å²) in [4.78, 5) is 25.5. The van der Waals surface area contributed by atoms with E-state index in [0.717, 1.165) is 96.3 Å². The van der Waals surface area contributed by atoms with Crippen LogP contribution in [0.5, 0.6) is 0 Å². The van der Waals surface area contributed by atoms with Gasteiger partial charge in [0.1, 0.15) is 6.61 Å². The molecule has 0 spiro atoms. The zero-order valence-corrected chi connectivity index (χ0v) is 44.3. The Kier molecular flexibility index (Phi) is 54.5. The van der Waals surface area contributed by atoms with Crippen LogP contribution in [0, 0.1) is 0 Å². The van der Waals surface area contributed by atoms with Gasteiger partial charge in [-0.25, -0.2) is 0 Å². The van der Waals surface area contributed by atoms with Gasteiger partial charge in [0.15, 0.2) is 6.10 Å². The molecule has 0 aliphatic heterocycles. The van der Waals surface area contributed by atoms with Crippen LogP contribution >= 0.6 is 0 Å². The molecule has 5 heteroatoms. The Morgan fingerprint density at radius 3 is 1.13 bits per heavy atom. The molecule has 0 aromatic heterocycles. The third-order valence-corrected chi connectivity index (χ3v) is 11.5. The second-order valence-corrected chi connectivity index (χ2v) is 18.1. The van der Waals surface area contributed by atoms with Gasteiger partial charge in [-0.2, -0.15) is 0 Å². The molecule has 68 heavy (non-hydrogen) atoms. The molecule has 0 bridgehead atoms. The maximum Gasteiger partial charge on any atom is 0.306 e. The summed E-state index contributed by atoms with van der Waals surface area (Å²) in [5.41, 5.74) is 0. The third kappa shape index (κ3) is 54.9. The van der Waals surface area contributed by atoms with E-state index in [4.69, 9.17) is 14.2 Å². The van der Waals surface area contributed by atoms with Crippen molar-refractivity contribution in [1.82, 2.24) is 0 Å². The average Bonchev–Trinajstić information content (AvgIpc) is 3.34. The lowest BCUT2D eigenvalue weighted by atomic mass is 10.1. The van der Waals surface area contributed by atoms with Crippen molar-refractivity contribution in [2.24, 2.45) is 0 Å². The van der Waals surface area contributed by atoms with Crippen molar-refractivity contribution in [3.63, 3.8) is 0 Å². The minimum absolute atomic E-state index is 0.0320. The number of carbonyl (C=O) groups excluding carboxylic acids is 2. The van der Waals surface area contributed by atoms with Gasteiger partial charge in [-0.05, 0) is 116 Å². The van der Waals surface area contributed by atoms with E-state index in [9.17, 15) is 9.59 Å². The van der Waals surface area contributed by atoms with Gasteiger partial charge >= 0.3 is 11.9 Å². The molecule has 0 radical (unpaired) electrons. The Morgan fingerprint density at radius 1 is 0.338 bits per heavy atom. The number of hydrogen-bond donors (Lipinski definition) is 0. The number of allylic oxidation sites excluding steroid dienone is 20. The lowest BCUT2D eigenvalue weighted by molar-refractivity contribution is -0.162. The summed E-state index contributed by atoms with van der Waals surface area (Å²) in [7, 11) is 0. The van der Waals surface area contributed by atoms with Crippen molar-refractivity contribution >= 4 is 11.9 Å². The van der Waals surface area contributed by atoms with E-state index in [2.05, 4.69) is 136 Å². The van der Waals surface area contributed by atoms with Gasteiger partial charge in [0.25, 0.3) is 0 Å². The summed E-state index contributed by atoms with van der Waals surface area (Å²) in [6.45, 7) is 7.50. The number of rotatable bonds is 50. The first-order valence-electron chi connectivity index (χ1n) is 28.1. The molecule has 0 aliphatic rings. The Labute approximate surface area is 420 Å². The van der Waals surface area contributed by atoms with E-state index in [-0.39, 0.29) is 25.2 Å². The highest BCUT2D eigenvalue weighted by Crippen LogP contribution is 2.13. The largest absolute Gasteiger partial charge is 0.462 e. The molecule has 0 heterocycles. The molecule has 0 N–H and O–H groups in total. The molecule has 0 saturated heterocycles. The first-order valence-corrected chi connectivity index (χ1v) is 28.1. The highest BCUT2D eigenvalue weighted by atomic mass is 16.6. The van der Waals surface area contributed by atoms with E-state index >= 15 is 0 Å². The maximum atomic E-state index is 12.9. The standard InChI is InChI=1S/C63H104O5/c1-4-7-10-13-16-19-22-25-28-31-32-34-35-38-41-44-47-50-53-56-62(64)67-60-61(59-66-58-55-52-49-46-43-40-37-30-27-24-21-18-15-12-9-6-3)68-63(65)57-54-51-48-45-42-39-36-33-29-26-23-20-17-14-11-8-5-2/h7-8,10-11,16-17,19-20,25-30,32,34,38,41,47,50,61H,4-6,9,12-15,18,21-24,31,33,35-37,39-40,42-46,48-49,51-60H2,1-3H3/b10-7-,11-8-,19-16-,20-17-,28-25-,29-26-,30-27-,34-32-,41-38-,50-47-. The highest BCUT2D eigenvalue weighted by molar-refractivity contribution is 5.70. The molecule has 5 nitrogen and oxygen atoms in total. The summed E-state index contributed by atoms with van der Waals surface area (Å²) in [6.07, 6.45) is 80.8. The predicted molar refractivity (Wildman–Crippen MR) is 297 cm³/mol. The highest BCUT2D eigenvalue weighted by Gasteiger charge is 2.17. The van der Waals surface area contributed by atoms with Crippen LogP contribution in [0.4, 0.5) is 0 Å². The first kappa shape index (κ1) is 64.3. The second kappa shape index (κ2) is 57.6. The molecule has 1 unspecified atom stereocenters. The number of ether oxygens (including phenoxy) is 3. The zero-order chi connectivity index (χ0) is 49.2. The summed E-state index contributed by atoms with van der Waals surface area (Å²) in [6, 6.07) is 0. The van der Waals surface area contributed by atoms with Gasteiger partial charge in [-0.15, -0.1) is 0 Å². The normalized spacial score (nSPS) is 13.2. The smallest absolute Gasteiger partial charge is 0.306 e. The summed E-state index contributed by atoms with van der Waals surface area (Å²) in [5, 5.41) is 0. The van der Waals surface area contributed by atoms with Gasteiger partial charge in [0.05, 0.1) is 6.61 Å². The monoisotopic (exact) mass is 941 g/mol. The van der Waals surface area contributed by atoms with Crippen molar-refractivity contribution in [1.29, 1.82) is 0 Å². The topological polar surface area (TPSA) is 61.8 Å². The fourth-order valence-electron chi connectivity index (χ4n) is 7.37. The average molecular weight is 942 g/mol. The van der Waals surface area contributed by atoms with Crippen LogP contribution in [0.25, 0.3) is 0 Å². The molecule has 0 aromatic carbocycles. The first-order chi connectivity index (χ1) is 33.6. The van der Waals surface area contributed by atoms with Crippen LogP contribution < -0.4 is 0 Å². The van der Waals surface area contributed by atoms with E-state index in [1.807, 2.05) is 6.08 Å². The van der Waals surface area contributed by atoms with E-state index in [1.165, 1.54) is 103 Å². The SMILES string of the molecule is CC/C=C\C/C=C\C/C=C\C/C=C\C/C=C\C/C=C\CCC(=O)OCC(COCCCCCCCC/C=C\CCCCCCCC)OC(=O)CCCCCCCCC/C=C\C/C=C\C/C=C\CC. The molecule has 0 aromatic rings. The van der Waals surface area contributed by atoms with E-state index in [1.54, 1.807) is 0 Å². The van der Waals surface area contributed by atoms with Crippen molar-refractivity contribution in [3.8, 4) is 0 Å². The van der Waals surface area contributed by atoms with Gasteiger partial charge < -0.3 is 14.2 Å². The number of esters is 2. The molecule has 0 aliphatic carbocycles. The molecule has 386 valence electrons. The van der Waals surface area contributed by atoms with Crippen LogP contribution in [-0.2, 0) is 23.8 Å². The van der Waals surface area contributed by atoms with Crippen molar-refractivity contribution in [2.75, 3.05) is 19.8 Å². The summed E-state index contributed by atoms with van der Waals surface area (Å²) >= 11 is 0. The molecule has 0 saturated carbocycles. The quantitative estimate of drug-likeness (QED) is 0.0345. The van der Waals surface area contributed by atoms with Gasteiger partial charge in [0.2, 0.25) is 0 Å². The number of unbranched alkanes of at least 4 members (excludes halogenated alkanes) is 19. The van der Waals surface area contributed by atoms with Crippen molar-refractivity contribution in [3.05, 3.63) is 122 Å². The van der Waals surface area contributed by atoms with Crippen molar-refractivity contribution < 1.29 is 23.8 Å². The fraction of sp³-hybridized carbons (Fsp3) is 0.651. The molecular formula is C63H104O5. The Morgan fingerprint density at radius 2 is 0.691 bits per heavy atom. The van der Waals surface area contributed by atoms with Crippen LogP contribution in [-0.4, -0.2) is 37.9 Å². The lowest BCUT2D eigenvalue weighted by Crippen LogP contribution is -2.30. The Balaban J connectivity index is 4.44. The van der Waals surface area contributed by atoms with Crippen LogP contribution in [0.1, 0.15) is 239 Å². The second-order valence-electron chi connectivity index (χ2n) is 18.1. The molecule has 1 atom stereocenters. The minimum Gasteiger partial charge on any atom is -0.462 e. The zero-order valence-electron chi connectivity index (χ0n) is 44.3. The molecular weight excluding hydrogens is 837 g/mol. The minimum atomic E-state index is -0.584. The molecule has 0 rings (SSSR count). The van der Waals surface area contributed by atoms with E-state index < -0.39 is 6.10 Å². The maximum absolute atomic E-state index is 12.9. The Hall–Kier alpha value is -3.70. The van der Waals surface area contributed by atoms with Crippen LogP contribution in [0.3, 0.4) is 0 Å². The lowest BCUT2D eigenvalue weighted by Gasteiger charge is -2.18. The molecule has 0 fully saturated rings. The Bertz CT molecular complexity index is 1390. The van der Waals surface area contributed by atoms with Crippen LogP contribution in [0.2, 0.25) is 0 Å². The fourth-order valence-corrected chi connectivity index (χ4v) is 7.37. The summed E-state index contributed by atoms with van der Waals surface area (Å²) in [5.74, 6) is -0.512. The van der Waals surface area contributed by atoms with Gasteiger partial charge in [-0.1, -0.05) is 232 Å². The van der Waals surface area contributed by atoms with Gasteiger partial charge in [0, 0.05) is 19.4 Å². The van der Waals surface area contributed by atoms with E-state index in [0.29, 0.717) is 25.9 Å².